The zero-order chi connectivity index (χ0) is 28.1. The number of para-hydroxylation sites is 2. The van der Waals surface area contributed by atoms with Crippen molar-refractivity contribution in [2.75, 3.05) is 11.5 Å². The maximum atomic E-state index is 13.3. The summed E-state index contributed by atoms with van der Waals surface area (Å²) in [7, 11) is -3.95. The second kappa shape index (κ2) is 11.4. The maximum Gasteiger partial charge on any atom is 0.239 e. The molecule has 0 saturated heterocycles. The number of ether oxygens (including phenoxy) is 4. The van der Waals surface area contributed by atoms with Gasteiger partial charge in [-0.1, -0.05) is 36.4 Å². The molecule has 0 bridgehead atoms. The van der Waals surface area contributed by atoms with Gasteiger partial charge in [-0.05, 0) is 72.8 Å². The number of rotatable bonds is 9. The summed E-state index contributed by atoms with van der Waals surface area (Å²) in [6.45, 7) is 0. The molecule has 0 aliphatic carbocycles. The number of hydrogen-bond donors (Lipinski definition) is 4. The smallest absolute Gasteiger partial charge is 0.239 e. The molecule has 0 unspecified atom stereocenters. The first-order valence-electron chi connectivity index (χ1n) is 12.2. The van der Waals surface area contributed by atoms with E-state index in [0.29, 0.717) is 34.4 Å². The van der Waals surface area contributed by atoms with Crippen molar-refractivity contribution in [2.24, 2.45) is 11.0 Å². The van der Waals surface area contributed by atoms with Gasteiger partial charge >= 0.3 is 0 Å². The lowest BCUT2D eigenvalue weighted by atomic mass is 10.2. The third-order valence-corrected chi connectivity index (χ3v) is 6.73. The van der Waals surface area contributed by atoms with Crippen LogP contribution in [0, 0.1) is 0 Å². The second-order valence-electron chi connectivity index (χ2n) is 8.76. The van der Waals surface area contributed by atoms with Gasteiger partial charge in [-0.25, -0.2) is 0 Å². The maximum absolute atomic E-state index is 13.3. The summed E-state index contributed by atoms with van der Waals surface area (Å²) in [5.74, 6) is 2.02. The van der Waals surface area contributed by atoms with Gasteiger partial charge in [0.2, 0.25) is 18.9 Å². The first-order chi connectivity index (χ1) is 19.3. The highest BCUT2D eigenvalue weighted by Crippen LogP contribution is 2.52. The van der Waals surface area contributed by atoms with Crippen molar-refractivity contribution in [3.05, 3.63) is 115 Å². The Balaban J connectivity index is 1.77. The molecule has 5 rings (SSSR count). The van der Waals surface area contributed by atoms with E-state index in [4.69, 9.17) is 41.4 Å². The lowest BCUT2D eigenvalue weighted by Crippen LogP contribution is -2.21. The van der Waals surface area contributed by atoms with Crippen LogP contribution in [0.25, 0.3) is 0 Å². The molecule has 5 aromatic carbocycles. The topological polar surface area (TPSA) is 158 Å². The molecule has 0 aliphatic heterocycles. The molecule has 0 heterocycles. The van der Waals surface area contributed by atoms with Crippen molar-refractivity contribution < 1.29 is 23.5 Å². The summed E-state index contributed by atoms with van der Waals surface area (Å²) in [4.78, 5) is 0. The predicted octanol–water partition coefficient (Wildman–Crippen LogP) is 6.76. The molecule has 8 N–H and O–H groups in total. The number of hydrogen-bond acceptors (Lipinski definition) is 7. The molecular weight excluding hydrogens is 527 g/mol. The van der Waals surface area contributed by atoms with Crippen LogP contribution in [0.4, 0.5) is 11.4 Å². The first-order valence-corrected chi connectivity index (χ1v) is 14.0. The molecule has 0 atom stereocenters. The summed E-state index contributed by atoms with van der Waals surface area (Å²) in [5.41, 5.74) is 25.0. The Labute approximate surface area is 231 Å². The number of anilines is 2. The molecule has 202 valence electrons. The highest BCUT2D eigenvalue weighted by atomic mass is 31.2. The van der Waals surface area contributed by atoms with Crippen molar-refractivity contribution in [3.63, 3.8) is 0 Å². The highest BCUT2D eigenvalue weighted by Gasteiger charge is 2.31. The van der Waals surface area contributed by atoms with Crippen LogP contribution in [0.2, 0.25) is 0 Å². The van der Waals surface area contributed by atoms with Gasteiger partial charge in [0, 0.05) is 17.4 Å². The molecule has 0 amide bonds. The van der Waals surface area contributed by atoms with Gasteiger partial charge in [0.15, 0.2) is 11.5 Å². The SMILES string of the molecule is Nc1ccc(Oc2c(Oc3ccccc3)cc(P(N)(N)=O)c(Oc3ccccc3)c2Oc2ccc(N)cc2)cc1. The molecule has 0 aromatic heterocycles. The van der Waals surface area contributed by atoms with Gasteiger partial charge < -0.3 is 30.4 Å². The van der Waals surface area contributed by atoms with E-state index in [2.05, 4.69) is 0 Å². The largest absolute Gasteiger partial charge is 0.453 e. The fourth-order valence-corrected chi connectivity index (χ4v) is 4.52. The summed E-state index contributed by atoms with van der Waals surface area (Å²) in [5, 5.41) is -0.0163. The van der Waals surface area contributed by atoms with Crippen LogP contribution in [0.1, 0.15) is 0 Å². The zero-order valence-electron chi connectivity index (χ0n) is 21.3. The average Bonchev–Trinajstić information content (AvgIpc) is 2.94. The molecule has 40 heavy (non-hydrogen) atoms. The number of nitrogens with two attached hydrogens (primary N) is 4. The third-order valence-electron chi connectivity index (χ3n) is 5.65. The quantitative estimate of drug-likeness (QED) is 0.114. The average molecular weight is 555 g/mol. The van der Waals surface area contributed by atoms with Crippen molar-refractivity contribution in [1.29, 1.82) is 0 Å². The van der Waals surface area contributed by atoms with Gasteiger partial charge in [-0.3, -0.25) is 15.6 Å². The van der Waals surface area contributed by atoms with Crippen molar-refractivity contribution in [1.82, 2.24) is 0 Å². The Morgan fingerprint density at radius 2 is 0.875 bits per heavy atom. The minimum atomic E-state index is -3.95. The van der Waals surface area contributed by atoms with Crippen LogP contribution in [-0.2, 0) is 4.57 Å². The highest BCUT2D eigenvalue weighted by molar-refractivity contribution is 7.67. The van der Waals surface area contributed by atoms with Gasteiger partial charge in [0.25, 0.3) is 0 Å². The van der Waals surface area contributed by atoms with Crippen LogP contribution in [-0.4, -0.2) is 0 Å². The summed E-state index contributed by atoms with van der Waals surface area (Å²) < 4.78 is 38.4. The third kappa shape index (κ3) is 6.36. The Hall–Kier alpha value is -4.95. The van der Waals surface area contributed by atoms with Crippen molar-refractivity contribution in [3.8, 4) is 46.0 Å². The fraction of sp³-hybridized carbons (Fsp3) is 0. The molecule has 0 saturated carbocycles. The lowest BCUT2D eigenvalue weighted by Gasteiger charge is -2.23. The monoisotopic (exact) mass is 554 g/mol. The van der Waals surface area contributed by atoms with Gasteiger partial charge in [-0.2, -0.15) is 0 Å². The van der Waals surface area contributed by atoms with E-state index in [1.54, 1.807) is 84.9 Å². The Morgan fingerprint density at radius 1 is 0.475 bits per heavy atom. The van der Waals surface area contributed by atoms with Gasteiger partial charge in [0.05, 0.1) is 5.30 Å². The minimum absolute atomic E-state index is 0.00205. The van der Waals surface area contributed by atoms with Crippen molar-refractivity contribution >= 4 is 24.1 Å². The molecule has 0 spiro atoms. The van der Waals surface area contributed by atoms with Gasteiger partial charge in [0.1, 0.15) is 23.0 Å². The summed E-state index contributed by atoms with van der Waals surface area (Å²) in [6.07, 6.45) is 0. The van der Waals surface area contributed by atoms with Crippen LogP contribution < -0.4 is 46.7 Å². The second-order valence-corrected chi connectivity index (χ2v) is 10.7. The molecule has 9 nitrogen and oxygen atoms in total. The standard InChI is InChI=1S/C30H27N4O5P/c31-20-11-15-24(16-12-20)37-28-26(36-22-7-3-1-4-8-22)19-27(40(33,34)35)29(38-23-9-5-2-6-10-23)30(28)39-25-17-13-21(32)14-18-25/h1-19H,31-32H2,(H4,33,34,35). The normalized spacial score (nSPS) is 11.1. The first kappa shape index (κ1) is 26.6. The summed E-state index contributed by atoms with van der Waals surface area (Å²) in [6, 6.07) is 32.8. The van der Waals surface area contributed by atoms with E-state index in [1.165, 1.54) is 6.07 Å². The van der Waals surface area contributed by atoms with Crippen LogP contribution in [0.3, 0.4) is 0 Å². The number of benzene rings is 5. The van der Waals surface area contributed by atoms with Crippen LogP contribution in [0.5, 0.6) is 46.0 Å². The molecule has 0 radical (unpaired) electrons. The van der Waals surface area contributed by atoms with E-state index in [0.717, 1.165) is 0 Å². The van der Waals surface area contributed by atoms with Crippen LogP contribution >= 0.6 is 7.44 Å². The molecule has 5 aromatic rings. The number of nitrogen functional groups attached to an aromatic ring is 2. The minimum Gasteiger partial charge on any atom is -0.453 e. The lowest BCUT2D eigenvalue weighted by molar-refractivity contribution is 0.368. The predicted molar refractivity (Wildman–Crippen MR) is 157 cm³/mol. The molecule has 10 heteroatoms. The molecular formula is C30H27N4O5P. The van der Waals surface area contributed by atoms with E-state index in [-0.39, 0.29) is 28.3 Å². The fourth-order valence-electron chi connectivity index (χ4n) is 3.74. The summed E-state index contributed by atoms with van der Waals surface area (Å²) >= 11 is 0. The van der Waals surface area contributed by atoms with E-state index in [9.17, 15) is 4.57 Å². The molecule has 0 fully saturated rings. The Kier molecular flexibility index (Phi) is 7.61. The Bertz CT molecular complexity index is 1640. The zero-order valence-corrected chi connectivity index (χ0v) is 22.2. The van der Waals surface area contributed by atoms with E-state index < -0.39 is 7.44 Å². The van der Waals surface area contributed by atoms with E-state index >= 15 is 0 Å². The Morgan fingerprint density at radius 3 is 1.35 bits per heavy atom. The van der Waals surface area contributed by atoms with Crippen LogP contribution in [0.15, 0.2) is 115 Å². The molecule has 0 aliphatic rings. The van der Waals surface area contributed by atoms with Gasteiger partial charge in [-0.15, -0.1) is 0 Å². The van der Waals surface area contributed by atoms with E-state index in [1.807, 2.05) is 24.3 Å². The van der Waals surface area contributed by atoms with Crippen molar-refractivity contribution in [2.45, 2.75) is 0 Å².